The average molecular weight is 210 g/mol. The van der Waals surface area contributed by atoms with E-state index >= 15 is 0 Å². The van der Waals surface area contributed by atoms with E-state index in [2.05, 4.69) is 13.2 Å². The van der Waals surface area contributed by atoms with Crippen LogP contribution in [0.2, 0.25) is 0 Å². The fourth-order valence-electron chi connectivity index (χ4n) is 1.34. The monoisotopic (exact) mass is 210 g/mol. The molecule has 0 aromatic heterocycles. The van der Waals surface area contributed by atoms with Crippen molar-refractivity contribution in [3.8, 4) is 0 Å². The van der Waals surface area contributed by atoms with Gasteiger partial charge in [-0.15, -0.1) is 13.2 Å². The first kappa shape index (κ1) is 12.2. The van der Waals surface area contributed by atoms with Crippen LogP contribution in [0.1, 0.15) is 0 Å². The first-order valence-corrected chi connectivity index (χ1v) is 5.08. The molecular formula is C12H18O3. The van der Waals surface area contributed by atoms with Crippen molar-refractivity contribution in [2.75, 3.05) is 26.4 Å². The minimum atomic E-state index is -0.0402. The molecule has 0 spiro atoms. The Labute approximate surface area is 91.0 Å². The minimum Gasteiger partial charge on any atom is -0.375 e. The van der Waals surface area contributed by atoms with Gasteiger partial charge in [0.05, 0.1) is 26.4 Å². The number of rotatable bonds is 7. The molecule has 1 rings (SSSR count). The van der Waals surface area contributed by atoms with Gasteiger partial charge in [0.15, 0.2) is 0 Å². The highest BCUT2D eigenvalue weighted by atomic mass is 16.6. The molecule has 0 amide bonds. The SMILES string of the molecule is C=CCOC[C@H]1OCC=C[C@@H]1OCC=C. The maximum Gasteiger partial charge on any atom is 0.111 e. The van der Waals surface area contributed by atoms with Crippen molar-refractivity contribution < 1.29 is 14.2 Å². The number of hydrogen-bond acceptors (Lipinski definition) is 3. The predicted molar refractivity (Wildman–Crippen MR) is 59.8 cm³/mol. The Morgan fingerprint density at radius 3 is 2.87 bits per heavy atom. The van der Waals surface area contributed by atoms with Gasteiger partial charge in [-0.1, -0.05) is 24.3 Å². The van der Waals surface area contributed by atoms with Crippen LogP contribution in [-0.2, 0) is 14.2 Å². The van der Waals surface area contributed by atoms with Gasteiger partial charge < -0.3 is 14.2 Å². The van der Waals surface area contributed by atoms with Gasteiger partial charge in [0.1, 0.15) is 12.2 Å². The summed E-state index contributed by atoms with van der Waals surface area (Å²) in [6.07, 6.45) is 7.34. The lowest BCUT2D eigenvalue weighted by atomic mass is 10.1. The third-order valence-corrected chi connectivity index (χ3v) is 2.02. The zero-order chi connectivity index (χ0) is 10.9. The van der Waals surface area contributed by atoms with Crippen molar-refractivity contribution in [2.24, 2.45) is 0 Å². The summed E-state index contributed by atoms with van der Waals surface area (Å²) in [6, 6.07) is 0. The van der Waals surface area contributed by atoms with Gasteiger partial charge in [-0.3, -0.25) is 0 Å². The van der Waals surface area contributed by atoms with Crippen molar-refractivity contribution in [1.82, 2.24) is 0 Å². The highest BCUT2D eigenvalue weighted by Crippen LogP contribution is 2.12. The number of hydrogen-bond donors (Lipinski definition) is 0. The molecule has 84 valence electrons. The van der Waals surface area contributed by atoms with Gasteiger partial charge in [-0.2, -0.15) is 0 Å². The second-order valence-corrected chi connectivity index (χ2v) is 3.21. The zero-order valence-electron chi connectivity index (χ0n) is 8.93. The average Bonchev–Trinajstić information content (AvgIpc) is 2.28. The fraction of sp³-hybridized carbons (Fsp3) is 0.500. The Kier molecular flexibility index (Phi) is 6.00. The molecule has 0 aromatic rings. The molecule has 2 atom stereocenters. The minimum absolute atomic E-state index is 0.0325. The van der Waals surface area contributed by atoms with E-state index < -0.39 is 0 Å². The van der Waals surface area contributed by atoms with E-state index in [1.54, 1.807) is 12.2 Å². The van der Waals surface area contributed by atoms with Gasteiger partial charge in [0, 0.05) is 0 Å². The maximum atomic E-state index is 5.54. The molecule has 1 aliphatic heterocycles. The molecule has 1 heterocycles. The van der Waals surface area contributed by atoms with Crippen LogP contribution in [0.25, 0.3) is 0 Å². The third-order valence-electron chi connectivity index (χ3n) is 2.02. The summed E-state index contributed by atoms with van der Waals surface area (Å²) in [5, 5.41) is 0. The molecule has 3 nitrogen and oxygen atoms in total. The Morgan fingerprint density at radius 1 is 1.33 bits per heavy atom. The Morgan fingerprint density at radius 2 is 2.13 bits per heavy atom. The van der Waals surface area contributed by atoms with Crippen LogP contribution >= 0.6 is 0 Å². The molecule has 3 heteroatoms. The smallest absolute Gasteiger partial charge is 0.111 e. The lowest BCUT2D eigenvalue weighted by Gasteiger charge is -2.27. The van der Waals surface area contributed by atoms with Crippen LogP contribution in [0.4, 0.5) is 0 Å². The summed E-state index contributed by atoms with van der Waals surface area (Å²) in [4.78, 5) is 0. The molecule has 0 N–H and O–H groups in total. The summed E-state index contributed by atoms with van der Waals surface area (Å²) in [5.41, 5.74) is 0. The van der Waals surface area contributed by atoms with E-state index in [1.807, 2.05) is 12.2 Å². The van der Waals surface area contributed by atoms with Gasteiger partial charge in [0.25, 0.3) is 0 Å². The van der Waals surface area contributed by atoms with Crippen molar-refractivity contribution in [1.29, 1.82) is 0 Å². The topological polar surface area (TPSA) is 27.7 Å². The first-order chi connectivity index (χ1) is 7.38. The quantitative estimate of drug-likeness (QED) is 0.473. The third kappa shape index (κ3) is 4.42. The normalized spacial score (nSPS) is 25.1. The number of ether oxygens (including phenoxy) is 3. The van der Waals surface area contributed by atoms with Crippen LogP contribution in [-0.4, -0.2) is 38.6 Å². The lowest BCUT2D eigenvalue weighted by molar-refractivity contribution is -0.0791. The summed E-state index contributed by atoms with van der Waals surface area (Å²) in [7, 11) is 0. The lowest BCUT2D eigenvalue weighted by Crippen LogP contribution is -2.37. The molecule has 15 heavy (non-hydrogen) atoms. The summed E-state index contributed by atoms with van der Waals surface area (Å²) < 4.78 is 16.4. The van der Waals surface area contributed by atoms with Crippen LogP contribution in [0.15, 0.2) is 37.5 Å². The van der Waals surface area contributed by atoms with Crippen molar-refractivity contribution in [3.63, 3.8) is 0 Å². The van der Waals surface area contributed by atoms with E-state index in [0.717, 1.165) is 0 Å². The van der Waals surface area contributed by atoms with Gasteiger partial charge in [0.2, 0.25) is 0 Å². The predicted octanol–water partition coefficient (Wildman–Crippen LogP) is 1.72. The molecule has 0 saturated heterocycles. The Bertz CT molecular complexity index is 223. The summed E-state index contributed by atoms with van der Waals surface area (Å²) >= 11 is 0. The highest BCUT2D eigenvalue weighted by Gasteiger charge is 2.22. The highest BCUT2D eigenvalue weighted by molar-refractivity contribution is 4.98. The molecule has 0 radical (unpaired) electrons. The van der Waals surface area contributed by atoms with E-state index in [1.165, 1.54) is 0 Å². The van der Waals surface area contributed by atoms with E-state index in [4.69, 9.17) is 14.2 Å². The standard InChI is InChI=1S/C12H18O3/c1-3-7-13-10-12-11(14-8-4-2)6-5-9-15-12/h3-6,11-12H,1-2,7-10H2/t11-,12+/m0/s1. The molecular weight excluding hydrogens is 192 g/mol. The van der Waals surface area contributed by atoms with E-state index in [0.29, 0.717) is 26.4 Å². The van der Waals surface area contributed by atoms with Crippen molar-refractivity contribution in [2.45, 2.75) is 12.2 Å². The summed E-state index contributed by atoms with van der Waals surface area (Å²) in [6.45, 7) is 9.41. The van der Waals surface area contributed by atoms with Gasteiger partial charge in [-0.25, -0.2) is 0 Å². The summed E-state index contributed by atoms with van der Waals surface area (Å²) in [5.74, 6) is 0. The second kappa shape index (κ2) is 7.40. The van der Waals surface area contributed by atoms with Gasteiger partial charge in [-0.05, 0) is 0 Å². The van der Waals surface area contributed by atoms with Gasteiger partial charge >= 0.3 is 0 Å². The Balaban J connectivity index is 2.34. The van der Waals surface area contributed by atoms with Crippen molar-refractivity contribution in [3.05, 3.63) is 37.5 Å². The zero-order valence-corrected chi connectivity index (χ0v) is 8.93. The van der Waals surface area contributed by atoms with E-state index in [9.17, 15) is 0 Å². The maximum absolute atomic E-state index is 5.54. The second-order valence-electron chi connectivity index (χ2n) is 3.21. The Hall–Kier alpha value is -0.900. The van der Waals surface area contributed by atoms with Crippen LogP contribution in [0.3, 0.4) is 0 Å². The first-order valence-electron chi connectivity index (χ1n) is 5.08. The molecule has 0 fully saturated rings. The van der Waals surface area contributed by atoms with Crippen LogP contribution in [0.5, 0.6) is 0 Å². The molecule has 0 aromatic carbocycles. The molecule has 0 saturated carbocycles. The largest absolute Gasteiger partial charge is 0.375 e. The molecule has 1 aliphatic rings. The van der Waals surface area contributed by atoms with Crippen LogP contribution in [0, 0.1) is 0 Å². The van der Waals surface area contributed by atoms with Crippen LogP contribution < -0.4 is 0 Å². The molecule has 0 bridgehead atoms. The van der Waals surface area contributed by atoms with Crippen molar-refractivity contribution >= 4 is 0 Å². The fourth-order valence-corrected chi connectivity index (χ4v) is 1.34. The molecule has 0 aliphatic carbocycles. The molecule has 0 unspecified atom stereocenters. The van der Waals surface area contributed by atoms with E-state index in [-0.39, 0.29) is 12.2 Å².